The molecule has 2 aromatic carbocycles. The summed E-state index contributed by atoms with van der Waals surface area (Å²) >= 11 is 0. The minimum absolute atomic E-state index is 0.767. The van der Waals surface area contributed by atoms with Crippen LogP contribution in [0.15, 0.2) is 36.4 Å². The Morgan fingerprint density at radius 3 is 2.24 bits per heavy atom. The summed E-state index contributed by atoms with van der Waals surface area (Å²) in [5, 5.41) is 0. The molecule has 0 atom stereocenters. The first kappa shape index (κ1) is 19.4. The van der Waals surface area contributed by atoms with Gasteiger partial charge in [0.05, 0.1) is 19.3 Å². The highest BCUT2D eigenvalue weighted by Crippen LogP contribution is 2.43. The van der Waals surface area contributed by atoms with Crippen molar-refractivity contribution in [3.05, 3.63) is 47.5 Å². The van der Waals surface area contributed by atoms with Crippen LogP contribution in [0.5, 0.6) is 11.5 Å². The van der Waals surface area contributed by atoms with Crippen molar-refractivity contribution in [2.24, 2.45) is 0 Å². The van der Waals surface area contributed by atoms with Crippen molar-refractivity contribution in [1.29, 1.82) is 0 Å². The monoisotopic (exact) mass is 340 g/mol. The third-order valence-electron chi connectivity index (χ3n) is 4.70. The Balaban J connectivity index is 2.46. The molecular weight excluding hydrogens is 308 g/mol. The second-order valence-corrected chi connectivity index (χ2v) is 6.40. The molecule has 0 heterocycles. The fraction of sp³-hybridized carbons (Fsp3) is 0.478. The van der Waals surface area contributed by atoms with Crippen LogP contribution in [-0.4, -0.2) is 13.7 Å². The fourth-order valence-electron chi connectivity index (χ4n) is 3.33. The smallest absolute Gasteiger partial charge is 0.134 e. The Morgan fingerprint density at radius 1 is 0.880 bits per heavy atom. The Morgan fingerprint density at radius 2 is 1.64 bits per heavy atom. The van der Waals surface area contributed by atoms with E-state index in [1.165, 1.54) is 30.4 Å². The lowest BCUT2D eigenvalue weighted by Crippen LogP contribution is -2.06. The predicted octanol–water partition coefficient (Wildman–Crippen LogP) is 6.45. The van der Waals surface area contributed by atoms with Crippen molar-refractivity contribution < 1.29 is 9.47 Å². The Labute approximate surface area is 153 Å². The lowest BCUT2D eigenvalue weighted by Gasteiger charge is -2.21. The second kappa shape index (κ2) is 10.1. The molecule has 0 fully saturated rings. The van der Waals surface area contributed by atoms with Crippen molar-refractivity contribution in [3.63, 3.8) is 0 Å². The molecule has 0 unspecified atom stereocenters. The summed E-state index contributed by atoms with van der Waals surface area (Å²) in [5.41, 5.74) is 4.88. The summed E-state index contributed by atoms with van der Waals surface area (Å²) in [5.74, 6) is 1.92. The molecule has 0 radical (unpaired) electrons. The Hall–Kier alpha value is -1.96. The molecule has 2 heteroatoms. The van der Waals surface area contributed by atoms with Crippen LogP contribution in [0.4, 0.5) is 0 Å². The van der Waals surface area contributed by atoms with Gasteiger partial charge in [-0.25, -0.2) is 0 Å². The van der Waals surface area contributed by atoms with Crippen molar-refractivity contribution in [3.8, 4) is 22.6 Å². The summed E-state index contributed by atoms with van der Waals surface area (Å²) in [6.45, 7) is 7.41. The van der Waals surface area contributed by atoms with Gasteiger partial charge in [-0.2, -0.15) is 0 Å². The molecule has 0 spiro atoms. The average molecular weight is 341 g/mol. The minimum Gasteiger partial charge on any atom is -0.496 e. The molecule has 0 amide bonds. The number of methoxy groups -OCH3 is 1. The van der Waals surface area contributed by atoms with E-state index in [9.17, 15) is 0 Å². The molecule has 25 heavy (non-hydrogen) atoms. The molecule has 0 aliphatic carbocycles. The highest BCUT2D eigenvalue weighted by atomic mass is 16.5. The molecule has 0 aliphatic heterocycles. The summed E-state index contributed by atoms with van der Waals surface area (Å²) in [6.07, 6.45) is 6.80. The van der Waals surface area contributed by atoms with Gasteiger partial charge in [-0.3, -0.25) is 0 Å². The highest BCUT2D eigenvalue weighted by molar-refractivity contribution is 5.79. The fourth-order valence-corrected chi connectivity index (χ4v) is 3.33. The summed E-state index contributed by atoms with van der Waals surface area (Å²) in [4.78, 5) is 0. The maximum absolute atomic E-state index is 6.37. The van der Waals surface area contributed by atoms with Gasteiger partial charge in [-0.1, -0.05) is 70.4 Å². The first-order valence-corrected chi connectivity index (χ1v) is 9.67. The van der Waals surface area contributed by atoms with E-state index >= 15 is 0 Å². The molecule has 0 aliphatic rings. The third-order valence-corrected chi connectivity index (χ3v) is 4.70. The van der Waals surface area contributed by atoms with Crippen LogP contribution in [0, 0.1) is 0 Å². The normalized spacial score (nSPS) is 10.7. The van der Waals surface area contributed by atoms with Crippen LogP contribution >= 0.6 is 0 Å². The van der Waals surface area contributed by atoms with Gasteiger partial charge in [0, 0.05) is 0 Å². The van der Waals surface area contributed by atoms with Crippen LogP contribution in [0.25, 0.3) is 11.1 Å². The van der Waals surface area contributed by atoms with Crippen LogP contribution < -0.4 is 9.47 Å². The van der Waals surface area contributed by atoms with Crippen molar-refractivity contribution in [1.82, 2.24) is 0 Å². The maximum atomic E-state index is 6.37. The Bertz CT molecular complexity index is 647. The molecule has 0 bridgehead atoms. The van der Waals surface area contributed by atoms with Gasteiger partial charge in [0.2, 0.25) is 0 Å². The molecule has 2 nitrogen and oxygen atoms in total. The van der Waals surface area contributed by atoms with Crippen molar-refractivity contribution in [2.45, 2.75) is 59.3 Å². The quantitative estimate of drug-likeness (QED) is 0.463. The van der Waals surface area contributed by atoms with E-state index in [-0.39, 0.29) is 0 Å². The van der Waals surface area contributed by atoms with Crippen molar-refractivity contribution >= 4 is 0 Å². The Kier molecular flexibility index (Phi) is 7.84. The van der Waals surface area contributed by atoms with E-state index in [1.54, 1.807) is 7.11 Å². The van der Waals surface area contributed by atoms with Gasteiger partial charge >= 0.3 is 0 Å². The van der Waals surface area contributed by atoms with E-state index in [2.05, 4.69) is 51.1 Å². The number of unbranched alkanes of at least 4 members (excludes halogenated alkanes) is 3. The number of hydrogen-bond donors (Lipinski definition) is 0. The molecule has 136 valence electrons. The summed E-state index contributed by atoms with van der Waals surface area (Å²) < 4.78 is 12.1. The molecule has 2 aromatic rings. The van der Waals surface area contributed by atoms with Gasteiger partial charge in [0.15, 0.2) is 0 Å². The van der Waals surface area contributed by atoms with Crippen molar-refractivity contribution in [2.75, 3.05) is 13.7 Å². The first-order valence-electron chi connectivity index (χ1n) is 9.67. The minimum atomic E-state index is 0.767. The zero-order chi connectivity index (χ0) is 18.1. The molecular formula is C23H32O2. The third kappa shape index (κ3) is 4.78. The van der Waals surface area contributed by atoms with Gasteiger partial charge < -0.3 is 9.47 Å². The zero-order valence-corrected chi connectivity index (χ0v) is 16.2. The topological polar surface area (TPSA) is 18.5 Å². The van der Waals surface area contributed by atoms with Gasteiger partial charge in [0.1, 0.15) is 11.5 Å². The molecule has 0 aromatic heterocycles. The first-order chi connectivity index (χ1) is 12.3. The van der Waals surface area contributed by atoms with Gasteiger partial charge in [-0.05, 0) is 42.0 Å². The predicted molar refractivity (Wildman–Crippen MR) is 107 cm³/mol. The molecule has 0 saturated heterocycles. The summed E-state index contributed by atoms with van der Waals surface area (Å²) in [6, 6.07) is 12.6. The van der Waals surface area contributed by atoms with Crippen LogP contribution in [0.3, 0.4) is 0 Å². The molecule has 2 rings (SSSR count). The van der Waals surface area contributed by atoms with Gasteiger partial charge in [-0.15, -0.1) is 0 Å². The van der Waals surface area contributed by atoms with Crippen LogP contribution in [0.2, 0.25) is 0 Å². The van der Waals surface area contributed by atoms with E-state index in [0.29, 0.717) is 0 Å². The zero-order valence-electron chi connectivity index (χ0n) is 16.2. The average Bonchev–Trinajstić information content (AvgIpc) is 2.67. The number of ether oxygens (including phenoxy) is 2. The van der Waals surface area contributed by atoms with E-state index < -0.39 is 0 Å². The maximum Gasteiger partial charge on any atom is 0.134 e. The highest BCUT2D eigenvalue weighted by Gasteiger charge is 2.20. The summed E-state index contributed by atoms with van der Waals surface area (Å²) in [7, 11) is 1.75. The molecule has 0 saturated carbocycles. The number of aryl methyl sites for hydroxylation is 1. The lowest BCUT2D eigenvalue weighted by molar-refractivity contribution is 0.301. The van der Waals surface area contributed by atoms with Crippen LogP contribution in [-0.2, 0) is 12.8 Å². The standard InChI is InChI=1S/C23H32O2/c1-5-8-9-13-16-25-23-20(7-3)18(6-2)17-21(24-4)22(23)19-14-11-10-12-15-19/h10-12,14-15,17H,5-9,13,16H2,1-4H3. The number of rotatable bonds is 10. The second-order valence-electron chi connectivity index (χ2n) is 6.40. The molecule has 0 N–H and O–H groups in total. The number of benzene rings is 2. The lowest BCUT2D eigenvalue weighted by atomic mass is 9.93. The van der Waals surface area contributed by atoms with E-state index in [4.69, 9.17) is 9.47 Å². The SMILES string of the molecule is CCCCCCOc1c(CC)c(CC)cc(OC)c1-c1ccccc1. The van der Waals surface area contributed by atoms with Crippen LogP contribution in [0.1, 0.15) is 57.6 Å². The van der Waals surface area contributed by atoms with E-state index in [1.807, 2.05) is 6.07 Å². The number of hydrogen-bond acceptors (Lipinski definition) is 2. The van der Waals surface area contributed by atoms with Gasteiger partial charge in [0.25, 0.3) is 0 Å². The largest absolute Gasteiger partial charge is 0.496 e. The van der Waals surface area contributed by atoms with E-state index in [0.717, 1.165) is 48.5 Å².